The van der Waals surface area contributed by atoms with Crippen molar-refractivity contribution >= 4 is 33.7 Å². The average molecular weight is 221 g/mol. The number of nitrogens with one attached hydrogen (secondary N) is 1. The number of hydrogen-bond acceptors (Lipinski definition) is 3. The molecule has 74 valence electrons. The highest BCUT2D eigenvalue weighted by Gasteiger charge is 2.07. The summed E-state index contributed by atoms with van der Waals surface area (Å²) in [4.78, 5) is 11.1. The Bertz CT molecular complexity index is 714. The molecule has 0 atom stereocenters. The van der Waals surface area contributed by atoms with E-state index in [0.717, 1.165) is 10.9 Å². The molecule has 0 bridgehead atoms. The van der Waals surface area contributed by atoms with Gasteiger partial charge >= 0.3 is 0 Å². The van der Waals surface area contributed by atoms with Gasteiger partial charge in [-0.15, -0.1) is 0 Å². The van der Waals surface area contributed by atoms with Gasteiger partial charge in [0.1, 0.15) is 11.1 Å². The Morgan fingerprint density at radius 2 is 2.13 bits per heavy atom. The topological polar surface area (TPSA) is 58.9 Å². The highest BCUT2D eigenvalue weighted by atomic mass is 35.5. The molecule has 0 aliphatic heterocycles. The van der Waals surface area contributed by atoms with Crippen LogP contribution in [-0.2, 0) is 0 Å². The summed E-state index contributed by atoms with van der Waals surface area (Å²) in [5.41, 5.74) is 1.79. The Hall–Kier alpha value is -1.81. The zero-order chi connectivity index (χ0) is 10.4. The quantitative estimate of drug-likeness (QED) is 0.633. The van der Waals surface area contributed by atoms with Gasteiger partial charge in [-0.1, -0.05) is 11.6 Å². The lowest BCUT2D eigenvalue weighted by atomic mass is 10.2. The summed E-state index contributed by atoms with van der Waals surface area (Å²) < 4.78 is 5.46. The van der Waals surface area contributed by atoms with Crippen LogP contribution >= 0.6 is 11.6 Å². The first kappa shape index (κ1) is 8.49. The van der Waals surface area contributed by atoms with E-state index in [1.165, 1.54) is 12.1 Å². The third-order valence-corrected chi connectivity index (χ3v) is 2.41. The van der Waals surface area contributed by atoms with E-state index >= 15 is 0 Å². The summed E-state index contributed by atoms with van der Waals surface area (Å²) in [6.45, 7) is 0. The molecule has 5 heteroatoms. The van der Waals surface area contributed by atoms with E-state index in [-0.39, 0.29) is 5.43 Å². The van der Waals surface area contributed by atoms with Gasteiger partial charge in [0.2, 0.25) is 0 Å². The molecule has 0 saturated heterocycles. The largest absolute Gasteiger partial charge is 0.454 e. The van der Waals surface area contributed by atoms with Crippen LogP contribution in [0.3, 0.4) is 0 Å². The Balaban J connectivity index is 2.57. The maximum Gasteiger partial charge on any atom is 0.182 e. The van der Waals surface area contributed by atoms with Crippen LogP contribution in [0.4, 0.5) is 0 Å². The fraction of sp³-hybridized carbons (Fsp3) is 0. The van der Waals surface area contributed by atoms with Crippen molar-refractivity contribution in [3.63, 3.8) is 0 Å². The number of aromatic nitrogens is 2. The molecule has 3 aromatic rings. The fourth-order valence-corrected chi connectivity index (χ4v) is 1.70. The summed E-state index contributed by atoms with van der Waals surface area (Å²) in [7, 11) is 0. The van der Waals surface area contributed by atoms with E-state index in [9.17, 15) is 4.79 Å². The lowest BCUT2D eigenvalue weighted by Gasteiger charge is -1.89. The highest BCUT2D eigenvalue weighted by molar-refractivity contribution is 6.30. The number of fused-ring (bicyclic) bond motifs is 3. The van der Waals surface area contributed by atoms with Crippen molar-refractivity contribution in [1.82, 2.24) is 10.2 Å². The first-order chi connectivity index (χ1) is 7.24. The Labute approximate surface area is 88.5 Å². The summed E-state index contributed by atoms with van der Waals surface area (Å²) in [5, 5.41) is 7.79. The van der Waals surface area contributed by atoms with E-state index in [1.807, 2.05) is 0 Å². The molecule has 0 saturated carbocycles. The van der Waals surface area contributed by atoms with Crippen LogP contribution in [0.2, 0.25) is 5.15 Å². The van der Waals surface area contributed by atoms with E-state index in [1.54, 1.807) is 12.1 Å². The molecule has 3 rings (SSSR count). The molecule has 0 aliphatic rings. The van der Waals surface area contributed by atoms with Gasteiger partial charge in [0.25, 0.3) is 0 Å². The summed E-state index contributed by atoms with van der Waals surface area (Å²) in [5.74, 6) is 0. The first-order valence-corrected chi connectivity index (χ1v) is 4.69. The summed E-state index contributed by atoms with van der Waals surface area (Å²) >= 11 is 5.71. The third kappa shape index (κ3) is 1.22. The molecule has 0 spiro atoms. The molecule has 4 nitrogen and oxygen atoms in total. The van der Waals surface area contributed by atoms with Crippen LogP contribution in [0.5, 0.6) is 0 Å². The van der Waals surface area contributed by atoms with Crippen molar-refractivity contribution in [1.29, 1.82) is 0 Å². The number of halogens is 1. The van der Waals surface area contributed by atoms with Gasteiger partial charge in [-0.2, -0.15) is 5.10 Å². The van der Waals surface area contributed by atoms with Crippen molar-refractivity contribution in [2.75, 3.05) is 0 Å². The second-order valence-electron chi connectivity index (χ2n) is 3.19. The molecule has 15 heavy (non-hydrogen) atoms. The van der Waals surface area contributed by atoms with Crippen LogP contribution in [-0.4, -0.2) is 10.2 Å². The van der Waals surface area contributed by atoms with Gasteiger partial charge in [-0.25, -0.2) is 0 Å². The van der Waals surface area contributed by atoms with Gasteiger partial charge in [0.05, 0.1) is 0 Å². The molecule has 0 unspecified atom stereocenters. The van der Waals surface area contributed by atoms with Crippen LogP contribution in [0.1, 0.15) is 0 Å². The van der Waals surface area contributed by atoms with Crippen LogP contribution in [0.25, 0.3) is 22.1 Å². The molecule has 2 heterocycles. The Morgan fingerprint density at radius 3 is 3.00 bits per heavy atom. The van der Waals surface area contributed by atoms with E-state index < -0.39 is 0 Å². The minimum atomic E-state index is -0.0828. The molecule has 0 amide bonds. The maximum absolute atomic E-state index is 11.1. The van der Waals surface area contributed by atoms with Gasteiger partial charge in [-0.3, -0.25) is 9.89 Å². The van der Waals surface area contributed by atoms with Crippen molar-refractivity contribution < 1.29 is 4.42 Å². The number of aromatic amines is 1. The predicted molar refractivity (Wildman–Crippen MR) is 57.1 cm³/mol. The number of nitrogens with zero attached hydrogens (tertiary/aromatic N) is 1. The molecule has 1 N–H and O–H groups in total. The van der Waals surface area contributed by atoms with Crippen molar-refractivity contribution in [3.8, 4) is 0 Å². The minimum Gasteiger partial charge on any atom is -0.454 e. The predicted octanol–water partition coefficient (Wildman–Crippen LogP) is 2.32. The lowest BCUT2D eigenvalue weighted by molar-refractivity contribution is 0.666. The van der Waals surface area contributed by atoms with E-state index in [0.29, 0.717) is 16.3 Å². The number of benzene rings is 1. The molecule has 0 radical (unpaired) electrons. The molecular weight excluding hydrogens is 216 g/mol. The molecule has 0 fully saturated rings. The minimum absolute atomic E-state index is 0.0828. The lowest BCUT2D eigenvalue weighted by Crippen LogP contribution is -1.92. The number of H-pyrrole nitrogens is 1. The molecule has 1 aromatic carbocycles. The number of rotatable bonds is 0. The normalized spacial score (nSPS) is 11.3. The number of furan rings is 1. The molecule has 2 aromatic heterocycles. The average Bonchev–Trinajstić information content (AvgIpc) is 2.53. The zero-order valence-electron chi connectivity index (χ0n) is 7.45. The van der Waals surface area contributed by atoms with E-state index in [2.05, 4.69) is 10.2 Å². The Morgan fingerprint density at radius 1 is 1.27 bits per heavy atom. The molecule has 0 aliphatic carbocycles. The highest BCUT2D eigenvalue weighted by Crippen LogP contribution is 2.26. The number of hydrogen-bond donors (Lipinski definition) is 1. The van der Waals surface area contributed by atoms with Gasteiger partial charge in [0.15, 0.2) is 16.2 Å². The van der Waals surface area contributed by atoms with Gasteiger partial charge in [-0.05, 0) is 12.1 Å². The fourth-order valence-electron chi connectivity index (χ4n) is 1.56. The Kier molecular flexibility index (Phi) is 1.61. The summed E-state index contributed by atoms with van der Waals surface area (Å²) in [6, 6.07) is 6.24. The SMILES string of the molecule is O=c1ccc2c(c1)oc1cc(Cl)n[nH]c12. The standard InChI is InChI=1S/C10H5ClN2O2/c11-9-4-8-10(13-12-9)6-2-1-5(14)3-7(6)15-8/h1-4,13H. The smallest absolute Gasteiger partial charge is 0.182 e. The van der Waals surface area contributed by atoms with Crippen LogP contribution in [0, 0.1) is 0 Å². The zero-order valence-corrected chi connectivity index (χ0v) is 8.21. The summed E-state index contributed by atoms with van der Waals surface area (Å²) in [6.07, 6.45) is 0. The first-order valence-electron chi connectivity index (χ1n) is 4.31. The maximum atomic E-state index is 11.1. The van der Waals surface area contributed by atoms with Crippen LogP contribution < -0.4 is 5.43 Å². The van der Waals surface area contributed by atoms with Crippen LogP contribution in [0.15, 0.2) is 33.5 Å². The second kappa shape index (κ2) is 2.84. The monoisotopic (exact) mass is 220 g/mol. The van der Waals surface area contributed by atoms with E-state index in [4.69, 9.17) is 16.0 Å². The third-order valence-electron chi connectivity index (χ3n) is 2.21. The van der Waals surface area contributed by atoms with Gasteiger partial charge < -0.3 is 4.42 Å². The van der Waals surface area contributed by atoms with Crippen molar-refractivity contribution in [2.45, 2.75) is 0 Å². The van der Waals surface area contributed by atoms with Gasteiger partial charge in [0, 0.05) is 17.5 Å². The second-order valence-corrected chi connectivity index (χ2v) is 3.58. The van der Waals surface area contributed by atoms with Crippen molar-refractivity contribution in [2.24, 2.45) is 0 Å². The molecular formula is C10H5ClN2O2. The van der Waals surface area contributed by atoms with Crippen molar-refractivity contribution in [3.05, 3.63) is 39.6 Å².